The molecular formula is C12H23N. The van der Waals surface area contributed by atoms with Crippen molar-refractivity contribution in [3.05, 3.63) is 12.7 Å². The van der Waals surface area contributed by atoms with Crippen LogP contribution in [0.4, 0.5) is 0 Å². The van der Waals surface area contributed by atoms with E-state index in [0.717, 1.165) is 18.5 Å². The first-order valence-corrected chi connectivity index (χ1v) is 5.71. The molecule has 0 saturated heterocycles. The van der Waals surface area contributed by atoms with Crippen LogP contribution < -0.4 is 5.32 Å². The molecule has 0 spiro atoms. The van der Waals surface area contributed by atoms with E-state index in [0.29, 0.717) is 0 Å². The molecule has 1 heteroatoms. The number of hydrogen-bond donors (Lipinski definition) is 1. The molecule has 2 atom stereocenters. The van der Waals surface area contributed by atoms with Crippen molar-refractivity contribution in [2.45, 2.75) is 51.5 Å². The van der Waals surface area contributed by atoms with Gasteiger partial charge in [0.1, 0.15) is 0 Å². The van der Waals surface area contributed by atoms with Crippen LogP contribution in [-0.2, 0) is 0 Å². The van der Waals surface area contributed by atoms with Gasteiger partial charge in [-0.3, -0.25) is 0 Å². The standard InChI is InChI=1S/C12H23N/c1-3-5-7-11-8-6-9-12(10-11)13-4-2/h3,11-13H,1,4-10H2,2H3. The van der Waals surface area contributed by atoms with Gasteiger partial charge < -0.3 is 5.32 Å². The number of allylic oxidation sites excluding steroid dienone is 1. The number of hydrogen-bond acceptors (Lipinski definition) is 1. The SMILES string of the molecule is C=CCCC1CCCC(NCC)C1. The Hall–Kier alpha value is -0.300. The van der Waals surface area contributed by atoms with Crippen LogP contribution >= 0.6 is 0 Å². The molecule has 0 bridgehead atoms. The summed E-state index contributed by atoms with van der Waals surface area (Å²) in [4.78, 5) is 0. The zero-order chi connectivity index (χ0) is 9.52. The highest BCUT2D eigenvalue weighted by atomic mass is 14.9. The van der Waals surface area contributed by atoms with E-state index in [-0.39, 0.29) is 0 Å². The zero-order valence-electron chi connectivity index (χ0n) is 8.89. The van der Waals surface area contributed by atoms with Crippen LogP contribution in [-0.4, -0.2) is 12.6 Å². The lowest BCUT2D eigenvalue weighted by atomic mass is 9.83. The van der Waals surface area contributed by atoms with Gasteiger partial charge in [-0.25, -0.2) is 0 Å². The van der Waals surface area contributed by atoms with Gasteiger partial charge in [-0.15, -0.1) is 6.58 Å². The van der Waals surface area contributed by atoms with Crippen LogP contribution in [0.5, 0.6) is 0 Å². The van der Waals surface area contributed by atoms with Crippen molar-refractivity contribution in [2.75, 3.05) is 6.54 Å². The van der Waals surface area contributed by atoms with Gasteiger partial charge in [0.15, 0.2) is 0 Å². The van der Waals surface area contributed by atoms with Crippen molar-refractivity contribution >= 4 is 0 Å². The molecule has 0 aromatic heterocycles. The average Bonchev–Trinajstić information content (AvgIpc) is 2.16. The van der Waals surface area contributed by atoms with E-state index < -0.39 is 0 Å². The topological polar surface area (TPSA) is 12.0 Å². The van der Waals surface area contributed by atoms with Crippen LogP contribution in [0, 0.1) is 5.92 Å². The first kappa shape index (κ1) is 10.8. The molecule has 1 N–H and O–H groups in total. The van der Waals surface area contributed by atoms with Gasteiger partial charge in [0.2, 0.25) is 0 Å². The van der Waals surface area contributed by atoms with Crippen LogP contribution in [0.1, 0.15) is 45.4 Å². The van der Waals surface area contributed by atoms with Gasteiger partial charge in [0.05, 0.1) is 0 Å². The monoisotopic (exact) mass is 181 g/mol. The molecule has 0 aliphatic heterocycles. The van der Waals surface area contributed by atoms with Gasteiger partial charge in [0, 0.05) is 6.04 Å². The quantitative estimate of drug-likeness (QED) is 0.643. The fraction of sp³-hybridized carbons (Fsp3) is 0.833. The molecule has 1 saturated carbocycles. The second-order valence-electron chi connectivity index (χ2n) is 4.15. The Morgan fingerprint density at radius 2 is 2.31 bits per heavy atom. The summed E-state index contributed by atoms with van der Waals surface area (Å²) in [6, 6.07) is 0.800. The Labute approximate surface area is 82.6 Å². The maximum absolute atomic E-state index is 3.78. The summed E-state index contributed by atoms with van der Waals surface area (Å²) < 4.78 is 0. The molecule has 0 heterocycles. The Kier molecular flexibility index (Phi) is 5.14. The summed E-state index contributed by atoms with van der Waals surface area (Å²) in [6.07, 6.45) is 10.2. The molecule has 1 fully saturated rings. The predicted octanol–water partition coefficient (Wildman–Crippen LogP) is 3.12. The summed E-state index contributed by atoms with van der Waals surface area (Å²) >= 11 is 0. The van der Waals surface area contributed by atoms with Crippen molar-refractivity contribution < 1.29 is 0 Å². The van der Waals surface area contributed by atoms with Gasteiger partial charge in [-0.05, 0) is 38.1 Å². The molecule has 1 aliphatic carbocycles. The lowest BCUT2D eigenvalue weighted by Gasteiger charge is -2.29. The second-order valence-corrected chi connectivity index (χ2v) is 4.15. The summed E-state index contributed by atoms with van der Waals surface area (Å²) in [5.74, 6) is 0.954. The Morgan fingerprint density at radius 1 is 1.46 bits per heavy atom. The first-order chi connectivity index (χ1) is 6.36. The summed E-state index contributed by atoms with van der Waals surface area (Å²) in [5.41, 5.74) is 0. The zero-order valence-corrected chi connectivity index (χ0v) is 8.89. The Balaban J connectivity index is 2.20. The van der Waals surface area contributed by atoms with Gasteiger partial charge in [-0.1, -0.05) is 25.8 Å². The van der Waals surface area contributed by atoms with E-state index in [1.807, 2.05) is 0 Å². The summed E-state index contributed by atoms with van der Waals surface area (Å²) in [7, 11) is 0. The summed E-state index contributed by atoms with van der Waals surface area (Å²) in [6.45, 7) is 7.11. The maximum Gasteiger partial charge on any atom is 0.00695 e. The third kappa shape index (κ3) is 3.95. The Morgan fingerprint density at radius 3 is 3.00 bits per heavy atom. The molecule has 13 heavy (non-hydrogen) atoms. The molecule has 0 amide bonds. The second kappa shape index (κ2) is 6.20. The minimum atomic E-state index is 0.800. The predicted molar refractivity (Wildman–Crippen MR) is 58.9 cm³/mol. The third-order valence-electron chi connectivity index (χ3n) is 3.05. The minimum absolute atomic E-state index is 0.800. The van der Waals surface area contributed by atoms with E-state index in [2.05, 4.69) is 24.9 Å². The minimum Gasteiger partial charge on any atom is -0.314 e. The highest BCUT2D eigenvalue weighted by Gasteiger charge is 2.20. The lowest BCUT2D eigenvalue weighted by Crippen LogP contribution is -2.33. The van der Waals surface area contributed by atoms with Crippen molar-refractivity contribution in [1.29, 1.82) is 0 Å². The average molecular weight is 181 g/mol. The van der Waals surface area contributed by atoms with Crippen molar-refractivity contribution in [2.24, 2.45) is 5.92 Å². The molecule has 1 nitrogen and oxygen atoms in total. The fourth-order valence-electron chi connectivity index (χ4n) is 2.38. The van der Waals surface area contributed by atoms with Gasteiger partial charge in [0.25, 0.3) is 0 Å². The fourth-order valence-corrected chi connectivity index (χ4v) is 2.38. The molecule has 76 valence electrons. The van der Waals surface area contributed by atoms with Crippen molar-refractivity contribution in [3.8, 4) is 0 Å². The molecule has 0 aromatic carbocycles. The summed E-state index contributed by atoms with van der Waals surface area (Å²) in [5, 5.41) is 3.57. The first-order valence-electron chi connectivity index (χ1n) is 5.71. The normalized spacial score (nSPS) is 28.7. The van der Waals surface area contributed by atoms with Crippen molar-refractivity contribution in [1.82, 2.24) is 5.32 Å². The molecule has 0 radical (unpaired) electrons. The maximum atomic E-state index is 3.78. The van der Waals surface area contributed by atoms with Crippen molar-refractivity contribution in [3.63, 3.8) is 0 Å². The smallest absolute Gasteiger partial charge is 0.00695 e. The van der Waals surface area contributed by atoms with Crippen LogP contribution in [0.3, 0.4) is 0 Å². The number of nitrogens with one attached hydrogen (secondary N) is 1. The highest BCUT2D eigenvalue weighted by Crippen LogP contribution is 2.27. The van der Waals surface area contributed by atoms with E-state index in [1.165, 1.54) is 38.5 Å². The van der Waals surface area contributed by atoms with E-state index >= 15 is 0 Å². The molecular weight excluding hydrogens is 158 g/mol. The molecule has 0 aromatic rings. The highest BCUT2D eigenvalue weighted by molar-refractivity contribution is 4.79. The Bertz CT molecular complexity index is 140. The molecule has 1 aliphatic rings. The largest absolute Gasteiger partial charge is 0.314 e. The van der Waals surface area contributed by atoms with Gasteiger partial charge in [-0.2, -0.15) is 0 Å². The number of rotatable bonds is 5. The van der Waals surface area contributed by atoms with Gasteiger partial charge >= 0.3 is 0 Å². The van der Waals surface area contributed by atoms with Crippen LogP contribution in [0.15, 0.2) is 12.7 Å². The van der Waals surface area contributed by atoms with Crippen LogP contribution in [0.25, 0.3) is 0 Å². The third-order valence-corrected chi connectivity index (χ3v) is 3.05. The van der Waals surface area contributed by atoms with E-state index in [4.69, 9.17) is 0 Å². The van der Waals surface area contributed by atoms with E-state index in [9.17, 15) is 0 Å². The lowest BCUT2D eigenvalue weighted by molar-refractivity contribution is 0.277. The molecule has 2 unspecified atom stereocenters. The molecule has 1 rings (SSSR count). The van der Waals surface area contributed by atoms with E-state index in [1.54, 1.807) is 0 Å². The van der Waals surface area contributed by atoms with Crippen LogP contribution in [0.2, 0.25) is 0 Å².